The van der Waals surface area contributed by atoms with Crippen LogP contribution >= 0.6 is 46.4 Å². The molecule has 4 aromatic rings. The summed E-state index contributed by atoms with van der Waals surface area (Å²) in [6, 6.07) is 14.0. The van der Waals surface area contributed by atoms with Gasteiger partial charge in [-0.1, -0.05) is 9.97 Å². The number of imidazole rings is 2. The van der Waals surface area contributed by atoms with Crippen molar-refractivity contribution in [2.45, 2.75) is 24.3 Å². The van der Waals surface area contributed by atoms with Crippen molar-refractivity contribution < 1.29 is 26.7 Å². The van der Waals surface area contributed by atoms with Gasteiger partial charge in [-0.05, 0) is 72.2 Å². The van der Waals surface area contributed by atoms with Gasteiger partial charge in [0.1, 0.15) is 34.3 Å². The van der Waals surface area contributed by atoms with E-state index in [9.17, 15) is 37.1 Å². The fourth-order valence-electron chi connectivity index (χ4n) is 5.82. The lowest BCUT2D eigenvalue weighted by atomic mass is 10.1. The lowest BCUT2D eigenvalue weighted by Crippen LogP contribution is -2.42. The number of hydrogen-bond donors (Lipinski definition) is 0. The average Bonchev–Trinajstić information content (AvgIpc) is 3.76. The topological polar surface area (TPSA) is 203 Å². The molecule has 0 aliphatic carbocycles. The summed E-state index contributed by atoms with van der Waals surface area (Å²) >= 11 is 23.3. The number of alkyl halides is 4. The van der Waals surface area contributed by atoms with Gasteiger partial charge in [0, 0.05) is 75.2 Å². The van der Waals surface area contributed by atoms with Crippen molar-refractivity contribution in [2.75, 3.05) is 82.2 Å². The normalized spacial score (nSPS) is 11.8. The Labute approximate surface area is 358 Å². The quantitative estimate of drug-likeness (QED) is 0.0579. The van der Waals surface area contributed by atoms with Crippen molar-refractivity contribution in [2.24, 2.45) is 14.1 Å². The molecule has 18 nitrogen and oxygen atoms in total. The van der Waals surface area contributed by atoms with Crippen LogP contribution in [0.15, 0.2) is 60.9 Å². The van der Waals surface area contributed by atoms with Crippen molar-refractivity contribution in [1.82, 2.24) is 19.1 Å². The lowest BCUT2D eigenvalue weighted by Gasteiger charge is -2.30. The van der Waals surface area contributed by atoms with Gasteiger partial charge in [-0.2, -0.15) is 0 Å². The SMILES string of the molecule is CN(c1ccc(N(CCCl)CCCl)cc1)S(=O)(=O)C(C)(C)c1cnc([N+](=O)[O-])n1C.CN(c1ccc(N(CCCl)CCCl)cc1)S(=O)(=O)Cc1cnc([N+](=O)[O-])n1C. The van der Waals surface area contributed by atoms with Gasteiger partial charge >= 0.3 is 11.9 Å². The van der Waals surface area contributed by atoms with Gasteiger partial charge in [0.25, 0.3) is 0 Å². The molecule has 0 fully saturated rings. The molecule has 320 valence electrons. The molecule has 0 spiro atoms. The summed E-state index contributed by atoms with van der Waals surface area (Å²) in [6.07, 6.45) is 2.42. The molecular formula is C34H46Cl4N10O8S2. The van der Waals surface area contributed by atoms with Crippen molar-refractivity contribution in [3.8, 4) is 0 Å². The summed E-state index contributed by atoms with van der Waals surface area (Å²) in [4.78, 5) is 32.1. The van der Waals surface area contributed by atoms with E-state index in [4.69, 9.17) is 46.4 Å². The zero-order chi connectivity index (χ0) is 43.6. The molecule has 0 bridgehead atoms. The number of sulfonamides is 2. The van der Waals surface area contributed by atoms with E-state index in [-0.39, 0.29) is 11.4 Å². The van der Waals surface area contributed by atoms with Gasteiger partial charge in [-0.3, -0.25) is 8.61 Å². The van der Waals surface area contributed by atoms with Crippen molar-refractivity contribution in [3.63, 3.8) is 0 Å². The summed E-state index contributed by atoms with van der Waals surface area (Å²) in [6.45, 7) is 5.48. The second-order valence-corrected chi connectivity index (χ2v) is 19.1. The minimum atomic E-state index is -3.94. The molecule has 24 heteroatoms. The zero-order valence-electron chi connectivity index (χ0n) is 32.7. The molecule has 2 aromatic heterocycles. The van der Waals surface area contributed by atoms with E-state index in [0.29, 0.717) is 61.1 Å². The van der Waals surface area contributed by atoms with Crippen LogP contribution < -0.4 is 18.4 Å². The third kappa shape index (κ3) is 11.1. The number of nitrogens with zero attached hydrogens (tertiary/aromatic N) is 10. The third-order valence-corrected chi connectivity index (χ3v) is 14.1. The third-order valence-electron chi connectivity index (χ3n) is 9.29. The van der Waals surface area contributed by atoms with Crippen molar-refractivity contribution in [3.05, 3.63) is 92.5 Å². The smallest absolute Gasteiger partial charge is 0.390 e. The maximum atomic E-state index is 13.4. The van der Waals surface area contributed by atoms with Gasteiger partial charge in [0.15, 0.2) is 0 Å². The van der Waals surface area contributed by atoms with Crippen molar-refractivity contribution >= 4 is 101 Å². The second kappa shape index (κ2) is 20.7. The Balaban J connectivity index is 0.000000311. The summed E-state index contributed by atoms with van der Waals surface area (Å²) in [7, 11) is -1.98. The summed E-state index contributed by atoms with van der Waals surface area (Å²) < 4.78 is 55.4. The molecule has 0 aliphatic rings. The number of halogens is 4. The van der Waals surface area contributed by atoms with Gasteiger partial charge in [-0.15, -0.1) is 46.4 Å². The van der Waals surface area contributed by atoms with Crippen LogP contribution in [0.25, 0.3) is 0 Å². The highest BCUT2D eigenvalue weighted by Gasteiger charge is 2.45. The number of nitro groups is 2. The summed E-state index contributed by atoms with van der Waals surface area (Å²) in [5, 5.41) is 22.0. The molecule has 58 heavy (non-hydrogen) atoms. The van der Waals surface area contributed by atoms with E-state index in [0.717, 1.165) is 20.2 Å². The van der Waals surface area contributed by atoms with Crippen LogP contribution in [-0.4, -0.2) is 110 Å². The van der Waals surface area contributed by atoms with Crippen LogP contribution in [0, 0.1) is 20.2 Å². The van der Waals surface area contributed by atoms with E-state index in [2.05, 4.69) is 9.97 Å². The number of aromatic nitrogens is 4. The van der Waals surface area contributed by atoms with Crippen LogP contribution in [0.4, 0.5) is 34.6 Å². The van der Waals surface area contributed by atoms with Gasteiger partial charge in [0.05, 0.1) is 25.5 Å². The molecule has 0 unspecified atom stereocenters. The Morgan fingerprint density at radius 3 is 1.36 bits per heavy atom. The molecule has 0 amide bonds. The molecule has 0 saturated heterocycles. The maximum absolute atomic E-state index is 13.4. The average molecular weight is 929 g/mol. The van der Waals surface area contributed by atoms with E-state index >= 15 is 0 Å². The molecule has 0 N–H and O–H groups in total. The largest absolute Gasteiger partial charge is 0.434 e. The highest BCUT2D eigenvalue weighted by molar-refractivity contribution is 7.93. The van der Waals surface area contributed by atoms with Gasteiger partial charge in [-0.25, -0.2) is 26.0 Å². The van der Waals surface area contributed by atoms with Crippen LogP contribution in [0.3, 0.4) is 0 Å². The Kier molecular flexibility index (Phi) is 17.3. The Morgan fingerprint density at radius 1 is 0.638 bits per heavy atom. The monoisotopic (exact) mass is 926 g/mol. The molecule has 2 aromatic carbocycles. The first-order chi connectivity index (χ1) is 27.2. The number of benzene rings is 2. The summed E-state index contributed by atoms with van der Waals surface area (Å²) in [5.41, 5.74) is 3.14. The maximum Gasteiger partial charge on any atom is 0.434 e. The van der Waals surface area contributed by atoms with Crippen LogP contribution in [-0.2, 0) is 44.6 Å². The van der Waals surface area contributed by atoms with Gasteiger partial charge < -0.3 is 30.0 Å². The first-order valence-corrected chi connectivity index (χ1v) is 22.6. The first-order valence-electron chi connectivity index (χ1n) is 17.4. The van der Waals surface area contributed by atoms with E-state index in [1.165, 1.54) is 63.3 Å². The molecular weight excluding hydrogens is 882 g/mol. The van der Waals surface area contributed by atoms with E-state index < -0.39 is 52.3 Å². The standard InChI is InChI=1S/C18H25Cl2N5O4S.C16H21Cl2N5O4S/c1-18(2,16-13-21-17(22(16)3)25(26)27)30(28,29)23(4)14-5-7-15(8-6-14)24(11-9-19)12-10-20;1-20-15(11-19-16(20)23(24)25)12-28(26,27)21(2)13-3-5-14(6-4-13)22(9-7-17)10-8-18/h5-8,13H,9-12H2,1-4H3;3-6,11H,7-10,12H2,1-2H3. The van der Waals surface area contributed by atoms with Crippen LogP contribution in [0.2, 0.25) is 0 Å². The van der Waals surface area contributed by atoms with Crippen molar-refractivity contribution in [1.29, 1.82) is 0 Å². The zero-order valence-corrected chi connectivity index (χ0v) is 37.4. The van der Waals surface area contributed by atoms with E-state index in [1.54, 1.807) is 36.4 Å². The molecule has 0 radical (unpaired) electrons. The highest BCUT2D eigenvalue weighted by Crippen LogP contribution is 2.36. The molecule has 2 heterocycles. The molecule has 4 rings (SSSR count). The number of rotatable bonds is 20. The Bertz CT molecular complexity index is 2210. The van der Waals surface area contributed by atoms with Crippen LogP contribution in [0.5, 0.6) is 0 Å². The predicted molar refractivity (Wildman–Crippen MR) is 231 cm³/mol. The fourth-order valence-corrected chi connectivity index (χ4v) is 9.45. The predicted octanol–water partition coefficient (Wildman–Crippen LogP) is 5.89. The van der Waals surface area contributed by atoms with Crippen LogP contribution in [0.1, 0.15) is 25.2 Å². The fraction of sp³-hybridized carbons (Fsp3) is 0.471. The molecule has 0 aliphatic heterocycles. The minimum absolute atomic E-state index is 0.216. The Morgan fingerprint density at radius 2 is 1.00 bits per heavy atom. The first kappa shape index (κ1) is 48.3. The molecule has 0 saturated carbocycles. The number of hydrogen-bond acceptors (Lipinski definition) is 12. The Hall–Kier alpha value is -4.08. The number of anilines is 4. The van der Waals surface area contributed by atoms with E-state index in [1.807, 2.05) is 21.9 Å². The second-order valence-electron chi connectivity index (χ2n) is 13.1. The lowest BCUT2D eigenvalue weighted by molar-refractivity contribution is -0.396. The van der Waals surface area contributed by atoms with Gasteiger partial charge in [0.2, 0.25) is 20.0 Å². The highest BCUT2D eigenvalue weighted by atomic mass is 35.5. The minimum Gasteiger partial charge on any atom is -0.390 e. The molecule has 0 atom stereocenters. The summed E-state index contributed by atoms with van der Waals surface area (Å²) in [5.74, 6) is 0.547.